The molecule has 182 valence electrons. The largest absolute Gasteiger partial charge is 0.478 e. The number of ether oxygens (including phenoxy) is 1. The Kier molecular flexibility index (Phi) is 7.19. The number of aromatic carboxylic acids is 1. The first-order chi connectivity index (χ1) is 16.8. The summed E-state index contributed by atoms with van der Waals surface area (Å²) in [6.07, 6.45) is 5.65. The van der Waals surface area contributed by atoms with Crippen LogP contribution in [0.2, 0.25) is 25.7 Å². The zero-order valence-corrected chi connectivity index (χ0v) is 21.2. The van der Waals surface area contributed by atoms with Crippen molar-refractivity contribution in [2.75, 3.05) is 24.9 Å². The van der Waals surface area contributed by atoms with Gasteiger partial charge < -0.3 is 19.7 Å². The number of rotatable bonds is 10. The third-order valence-corrected chi connectivity index (χ3v) is 7.64. The van der Waals surface area contributed by atoms with E-state index >= 15 is 0 Å². The van der Waals surface area contributed by atoms with Crippen molar-refractivity contribution in [1.82, 2.24) is 14.8 Å². The van der Waals surface area contributed by atoms with Gasteiger partial charge in [-0.25, -0.2) is 4.79 Å². The smallest absolute Gasteiger partial charge is 0.335 e. The van der Waals surface area contributed by atoms with E-state index in [-0.39, 0.29) is 12.0 Å². The summed E-state index contributed by atoms with van der Waals surface area (Å²) in [5.41, 5.74) is 3.52. The summed E-state index contributed by atoms with van der Waals surface area (Å²) in [7, 11) is -1.14. The van der Waals surface area contributed by atoms with E-state index in [0.717, 1.165) is 40.9 Å². The van der Waals surface area contributed by atoms with Gasteiger partial charge in [0.15, 0.2) is 0 Å². The maximum Gasteiger partial charge on any atom is 0.335 e. The lowest BCUT2D eigenvalue weighted by atomic mass is 10.0. The number of fused-ring (bicyclic) bond motifs is 1. The Balaban J connectivity index is 1.53. The predicted molar refractivity (Wildman–Crippen MR) is 137 cm³/mol. The molecule has 2 N–H and O–H groups in total. The fourth-order valence-corrected chi connectivity index (χ4v) is 4.75. The summed E-state index contributed by atoms with van der Waals surface area (Å²) in [4.78, 5) is 21.6. The number of nitriles is 1. The number of carboxylic acid groups (broad SMARTS) is 1. The van der Waals surface area contributed by atoms with E-state index in [9.17, 15) is 15.2 Å². The second-order valence-electron chi connectivity index (χ2n) is 9.79. The van der Waals surface area contributed by atoms with Crippen LogP contribution in [0.1, 0.15) is 39.5 Å². The molecule has 2 aromatic heterocycles. The van der Waals surface area contributed by atoms with Crippen LogP contribution in [0.4, 0.5) is 5.82 Å². The summed E-state index contributed by atoms with van der Waals surface area (Å²) < 4.78 is 7.65. The molecule has 0 aliphatic carbocycles. The topological polar surface area (TPSA) is 120 Å². The van der Waals surface area contributed by atoms with E-state index in [0.29, 0.717) is 13.4 Å². The number of H-pyrrole nitrogens is 1. The van der Waals surface area contributed by atoms with Crippen LogP contribution in [0.15, 0.2) is 53.9 Å². The number of aliphatic imine (C=N–C) groups is 1. The number of hydrogen-bond acceptors (Lipinski definition) is 6. The number of nitrogens with zero attached hydrogens (tertiary/aromatic N) is 5. The summed E-state index contributed by atoms with van der Waals surface area (Å²) in [5.74, 6) is -0.0484. The number of carbonyl (C=O) groups is 1. The Morgan fingerprint density at radius 2 is 2.17 bits per heavy atom. The van der Waals surface area contributed by atoms with Crippen LogP contribution in [0.3, 0.4) is 0 Å². The van der Waals surface area contributed by atoms with Gasteiger partial charge in [-0.2, -0.15) is 10.4 Å². The van der Waals surface area contributed by atoms with E-state index in [1.807, 2.05) is 24.5 Å². The van der Waals surface area contributed by atoms with Crippen molar-refractivity contribution in [1.29, 1.82) is 5.26 Å². The summed E-state index contributed by atoms with van der Waals surface area (Å²) in [5, 5.41) is 23.3. The molecule has 0 saturated heterocycles. The minimum Gasteiger partial charge on any atom is -0.478 e. The van der Waals surface area contributed by atoms with Gasteiger partial charge in [0.1, 0.15) is 19.2 Å². The van der Waals surface area contributed by atoms with Gasteiger partial charge in [-0.15, -0.1) is 0 Å². The molecule has 3 aromatic rings. The molecule has 0 saturated carbocycles. The van der Waals surface area contributed by atoms with E-state index in [2.05, 4.69) is 40.7 Å². The minimum absolute atomic E-state index is 0.161. The SMILES string of the molecule is C[Si](C)(C)CCOCN1CN=C(c2cnn(C(CC#N)c3cccc(C(=O)O)c3)c2)c2cc[nH]c21. The van der Waals surface area contributed by atoms with Gasteiger partial charge in [-0.05, 0) is 29.8 Å². The first kappa shape index (κ1) is 24.4. The zero-order valence-electron chi connectivity index (χ0n) is 20.2. The van der Waals surface area contributed by atoms with E-state index in [4.69, 9.17) is 9.73 Å². The number of carboxylic acids is 1. The van der Waals surface area contributed by atoms with E-state index < -0.39 is 20.1 Å². The Bertz CT molecular complexity index is 1270. The Hall–Kier alpha value is -3.68. The Morgan fingerprint density at radius 3 is 2.91 bits per heavy atom. The molecule has 0 amide bonds. The number of nitrogens with one attached hydrogen (secondary N) is 1. The maximum absolute atomic E-state index is 11.4. The number of hydrogen-bond donors (Lipinski definition) is 2. The molecule has 1 aliphatic rings. The number of anilines is 1. The molecular weight excluding hydrogens is 460 g/mol. The average molecular weight is 491 g/mol. The lowest BCUT2D eigenvalue weighted by Gasteiger charge is -2.27. The molecule has 9 nitrogen and oxygen atoms in total. The molecule has 1 aliphatic heterocycles. The minimum atomic E-state index is -1.14. The van der Waals surface area contributed by atoms with Crippen LogP contribution in [-0.4, -0.2) is 59.6 Å². The lowest BCUT2D eigenvalue weighted by molar-refractivity contribution is 0.0696. The van der Waals surface area contributed by atoms with Crippen LogP contribution in [0, 0.1) is 11.3 Å². The normalized spacial score (nSPS) is 14.2. The highest BCUT2D eigenvalue weighted by molar-refractivity contribution is 6.76. The van der Waals surface area contributed by atoms with Gasteiger partial charge in [0.05, 0.1) is 36.0 Å². The van der Waals surface area contributed by atoms with Gasteiger partial charge in [0, 0.05) is 38.2 Å². The number of benzene rings is 1. The number of aromatic nitrogens is 3. The molecule has 3 heterocycles. The first-order valence-corrected chi connectivity index (χ1v) is 15.3. The fourth-order valence-electron chi connectivity index (χ4n) is 3.99. The molecule has 1 unspecified atom stereocenters. The van der Waals surface area contributed by atoms with Gasteiger partial charge >= 0.3 is 5.97 Å². The monoisotopic (exact) mass is 490 g/mol. The van der Waals surface area contributed by atoms with Crippen LogP contribution in [-0.2, 0) is 4.74 Å². The van der Waals surface area contributed by atoms with Crippen LogP contribution in [0.5, 0.6) is 0 Å². The van der Waals surface area contributed by atoms with Crippen molar-refractivity contribution >= 4 is 25.6 Å². The highest BCUT2D eigenvalue weighted by Crippen LogP contribution is 2.28. The van der Waals surface area contributed by atoms with Crippen molar-refractivity contribution in [3.63, 3.8) is 0 Å². The first-order valence-electron chi connectivity index (χ1n) is 11.6. The Labute approximate surface area is 205 Å². The standard InChI is InChI=1S/C25H30N6O3Si/c1-35(2,3)12-11-34-17-30-16-28-23(21-8-10-27-24(21)30)20-14-29-31(15-20)22(7-9-26)18-5-4-6-19(13-18)25(32)33/h4-6,8,10,13-15,22,27H,7,11-12,16-17H2,1-3H3,(H,32,33). The van der Waals surface area contributed by atoms with Crippen LogP contribution in [0.25, 0.3) is 0 Å². The second kappa shape index (κ2) is 10.3. The van der Waals surface area contributed by atoms with Crippen molar-refractivity contribution in [2.24, 2.45) is 4.99 Å². The fraction of sp³-hybridized carbons (Fsp3) is 0.360. The maximum atomic E-state index is 11.4. The quantitative estimate of drug-likeness (QED) is 0.322. The summed E-state index contributed by atoms with van der Waals surface area (Å²) in [6, 6.07) is 11.5. The zero-order chi connectivity index (χ0) is 25.0. The van der Waals surface area contributed by atoms with E-state index in [1.54, 1.807) is 23.0 Å². The van der Waals surface area contributed by atoms with Crippen LogP contribution < -0.4 is 4.90 Å². The van der Waals surface area contributed by atoms with Crippen molar-refractivity contribution in [2.45, 2.75) is 38.1 Å². The van der Waals surface area contributed by atoms with E-state index in [1.165, 1.54) is 6.07 Å². The van der Waals surface area contributed by atoms with Gasteiger partial charge in [-0.3, -0.25) is 9.67 Å². The van der Waals surface area contributed by atoms with Gasteiger partial charge in [0.2, 0.25) is 0 Å². The molecular formula is C25H30N6O3Si. The molecule has 1 atom stereocenters. The molecule has 0 fully saturated rings. The van der Waals surface area contributed by atoms with Gasteiger partial charge in [-0.1, -0.05) is 31.8 Å². The lowest BCUT2D eigenvalue weighted by Crippen LogP contribution is -2.33. The molecule has 10 heteroatoms. The molecule has 4 rings (SSSR count). The molecule has 0 bridgehead atoms. The molecule has 0 spiro atoms. The second-order valence-corrected chi connectivity index (χ2v) is 15.4. The summed E-state index contributed by atoms with van der Waals surface area (Å²) >= 11 is 0. The third kappa shape index (κ3) is 5.70. The Morgan fingerprint density at radius 1 is 1.34 bits per heavy atom. The summed E-state index contributed by atoms with van der Waals surface area (Å²) in [6.45, 7) is 8.68. The van der Waals surface area contributed by atoms with Crippen molar-refractivity contribution < 1.29 is 14.6 Å². The average Bonchev–Trinajstić information content (AvgIpc) is 3.50. The predicted octanol–water partition coefficient (Wildman–Crippen LogP) is 4.34. The highest BCUT2D eigenvalue weighted by Gasteiger charge is 2.25. The highest BCUT2D eigenvalue weighted by atomic mass is 28.3. The van der Waals surface area contributed by atoms with Crippen molar-refractivity contribution in [3.8, 4) is 6.07 Å². The van der Waals surface area contributed by atoms with Crippen LogP contribution >= 0.6 is 0 Å². The van der Waals surface area contributed by atoms with Crippen molar-refractivity contribution in [3.05, 3.63) is 71.2 Å². The molecule has 1 aromatic carbocycles. The van der Waals surface area contributed by atoms with Gasteiger partial charge in [0.25, 0.3) is 0 Å². The molecule has 0 radical (unpaired) electrons. The molecule has 35 heavy (non-hydrogen) atoms. The number of aromatic amines is 1. The third-order valence-electron chi connectivity index (χ3n) is 5.94.